The van der Waals surface area contributed by atoms with E-state index < -0.39 is 6.04 Å². The normalized spacial score (nSPS) is 11.8. The molecule has 0 aromatic heterocycles. The molecule has 156 valence electrons. The predicted molar refractivity (Wildman–Crippen MR) is 119 cm³/mol. The second kappa shape index (κ2) is 10.7. The average Bonchev–Trinajstić information content (AvgIpc) is 2.64. The molecule has 2 amide bonds. The molecule has 0 heterocycles. The fourth-order valence-electron chi connectivity index (χ4n) is 3.28. The Balaban J connectivity index is 2.32. The molecule has 2 aromatic rings. The van der Waals surface area contributed by atoms with Crippen LogP contribution in [0.25, 0.3) is 0 Å². The van der Waals surface area contributed by atoms with Crippen LogP contribution in [-0.2, 0) is 22.6 Å². The Morgan fingerprint density at radius 2 is 1.66 bits per heavy atom. The lowest BCUT2D eigenvalue weighted by Crippen LogP contribution is -2.48. The van der Waals surface area contributed by atoms with Crippen LogP contribution < -0.4 is 5.32 Å². The molecule has 0 radical (unpaired) electrons. The van der Waals surface area contributed by atoms with Crippen LogP contribution in [-0.4, -0.2) is 29.3 Å². The van der Waals surface area contributed by atoms with Crippen LogP contribution in [0.15, 0.2) is 36.4 Å². The van der Waals surface area contributed by atoms with Crippen molar-refractivity contribution in [1.29, 1.82) is 0 Å². The molecular formula is C23H28Cl2N2O2. The van der Waals surface area contributed by atoms with E-state index in [1.807, 2.05) is 32.9 Å². The summed E-state index contributed by atoms with van der Waals surface area (Å²) in [7, 11) is 0. The second-order valence-corrected chi connectivity index (χ2v) is 8.18. The zero-order valence-electron chi connectivity index (χ0n) is 17.4. The Kier molecular flexibility index (Phi) is 8.54. The summed E-state index contributed by atoms with van der Waals surface area (Å²) >= 11 is 12.6. The maximum atomic E-state index is 13.2. The number of amides is 2. The third kappa shape index (κ3) is 6.48. The van der Waals surface area contributed by atoms with Gasteiger partial charge in [0, 0.05) is 28.7 Å². The lowest BCUT2D eigenvalue weighted by Gasteiger charge is -2.29. The van der Waals surface area contributed by atoms with E-state index in [2.05, 4.69) is 11.4 Å². The van der Waals surface area contributed by atoms with Crippen molar-refractivity contribution in [3.05, 3.63) is 68.7 Å². The van der Waals surface area contributed by atoms with Crippen LogP contribution in [0.3, 0.4) is 0 Å². The summed E-state index contributed by atoms with van der Waals surface area (Å²) in [5, 5.41) is 3.82. The van der Waals surface area contributed by atoms with E-state index >= 15 is 0 Å². The van der Waals surface area contributed by atoms with Crippen molar-refractivity contribution in [2.75, 3.05) is 6.54 Å². The van der Waals surface area contributed by atoms with Crippen molar-refractivity contribution in [1.82, 2.24) is 10.2 Å². The zero-order valence-corrected chi connectivity index (χ0v) is 18.9. The summed E-state index contributed by atoms with van der Waals surface area (Å²) in [6, 6.07) is 10.6. The lowest BCUT2D eigenvalue weighted by molar-refractivity contribution is -0.140. The molecule has 1 atom stereocenters. The van der Waals surface area contributed by atoms with Crippen LogP contribution >= 0.6 is 23.2 Å². The van der Waals surface area contributed by atoms with Gasteiger partial charge in [-0.3, -0.25) is 9.59 Å². The highest BCUT2D eigenvalue weighted by atomic mass is 35.5. The molecule has 0 bridgehead atoms. The average molecular weight is 435 g/mol. The van der Waals surface area contributed by atoms with Gasteiger partial charge in [0.1, 0.15) is 6.04 Å². The van der Waals surface area contributed by atoms with E-state index in [1.54, 1.807) is 30.0 Å². The van der Waals surface area contributed by atoms with Gasteiger partial charge < -0.3 is 10.2 Å². The summed E-state index contributed by atoms with van der Waals surface area (Å²) in [4.78, 5) is 27.4. The van der Waals surface area contributed by atoms with Crippen LogP contribution in [0.4, 0.5) is 0 Å². The van der Waals surface area contributed by atoms with Crippen molar-refractivity contribution in [2.24, 2.45) is 0 Å². The van der Waals surface area contributed by atoms with Gasteiger partial charge >= 0.3 is 0 Å². The molecule has 2 aromatic carbocycles. The molecule has 0 saturated heterocycles. The van der Waals surface area contributed by atoms with Crippen molar-refractivity contribution >= 4 is 35.0 Å². The SMILES string of the molecule is CCCNC(=O)[C@@H](C)N(Cc1c(Cl)cccc1Cl)C(=O)Cc1cc(C)cc(C)c1. The molecule has 2 rings (SSSR count). The third-order valence-electron chi connectivity index (χ3n) is 4.74. The molecule has 0 unspecified atom stereocenters. The van der Waals surface area contributed by atoms with Crippen molar-refractivity contribution in [3.8, 4) is 0 Å². The van der Waals surface area contributed by atoms with Gasteiger partial charge in [-0.1, -0.05) is 65.5 Å². The predicted octanol–water partition coefficient (Wildman–Crippen LogP) is 5.10. The molecule has 0 saturated carbocycles. The number of nitrogens with one attached hydrogen (secondary N) is 1. The van der Waals surface area contributed by atoms with Gasteiger partial charge in [0.2, 0.25) is 11.8 Å². The topological polar surface area (TPSA) is 49.4 Å². The van der Waals surface area contributed by atoms with Crippen LogP contribution in [0.5, 0.6) is 0 Å². The standard InChI is InChI=1S/C23H28Cl2N2O2/c1-5-9-26-23(29)17(4)27(14-19-20(24)7-6-8-21(19)25)22(28)13-18-11-15(2)10-16(3)12-18/h6-8,10-12,17H,5,9,13-14H2,1-4H3,(H,26,29)/t17-/m1/s1. The number of carbonyl (C=O) groups excluding carboxylic acids is 2. The Bertz CT molecular complexity index is 843. The first-order chi connectivity index (χ1) is 13.7. The van der Waals surface area contributed by atoms with E-state index in [1.165, 1.54) is 0 Å². The number of hydrogen-bond donors (Lipinski definition) is 1. The molecule has 6 heteroatoms. The molecule has 0 spiro atoms. The minimum atomic E-state index is -0.646. The highest BCUT2D eigenvalue weighted by molar-refractivity contribution is 6.36. The first-order valence-corrected chi connectivity index (χ1v) is 10.6. The van der Waals surface area contributed by atoms with E-state index in [9.17, 15) is 9.59 Å². The highest BCUT2D eigenvalue weighted by Gasteiger charge is 2.27. The van der Waals surface area contributed by atoms with Gasteiger partial charge in [-0.15, -0.1) is 0 Å². The zero-order chi connectivity index (χ0) is 21.6. The summed E-state index contributed by atoms with van der Waals surface area (Å²) < 4.78 is 0. The number of aryl methyl sites for hydroxylation is 2. The fraction of sp³-hybridized carbons (Fsp3) is 0.391. The Hall–Kier alpha value is -2.04. The number of rotatable bonds is 8. The summed E-state index contributed by atoms with van der Waals surface area (Å²) in [5.41, 5.74) is 3.76. The van der Waals surface area contributed by atoms with Crippen molar-refractivity contribution < 1.29 is 9.59 Å². The Morgan fingerprint density at radius 3 is 2.21 bits per heavy atom. The van der Waals surface area contributed by atoms with Gasteiger partial charge in [-0.2, -0.15) is 0 Å². The van der Waals surface area contributed by atoms with E-state index in [0.29, 0.717) is 22.2 Å². The number of benzene rings is 2. The molecule has 0 aliphatic heterocycles. The minimum Gasteiger partial charge on any atom is -0.354 e. The number of carbonyl (C=O) groups is 2. The lowest BCUT2D eigenvalue weighted by atomic mass is 10.0. The molecular weight excluding hydrogens is 407 g/mol. The van der Waals surface area contributed by atoms with Crippen LogP contribution in [0.2, 0.25) is 10.0 Å². The number of hydrogen-bond acceptors (Lipinski definition) is 2. The number of nitrogens with zero attached hydrogens (tertiary/aromatic N) is 1. The molecule has 1 N–H and O–H groups in total. The van der Waals surface area contributed by atoms with E-state index in [4.69, 9.17) is 23.2 Å². The third-order valence-corrected chi connectivity index (χ3v) is 5.45. The first-order valence-electron chi connectivity index (χ1n) is 9.80. The molecule has 0 aliphatic rings. The number of halogens is 2. The van der Waals surface area contributed by atoms with Crippen LogP contribution in [0, 0.1) is 13.8 Å². The molecule has 29 heavy (non-hydrogen) atoms. The summed E-state index contributed by atoms with van der Waals surface area (Å²) in [5.74, 6) is -0.339. The maximum Gasteiger partial charge on any atom is 0.242 e. The fourth-order valence-corrected chi connectivity index (χ4v) is 3.80. The van der Waals surface area contributed by atoms with Crippen molar-refractivity contribution in [2.45, 2.75) is 53.1 Å². The van der Waals surface area contributed by atoms with E-state index in [0.717, 1.165) is 23.1 Å². The van der Waals surface area contributed by atoms with Crippen LogP contribution in [0.1, 0.15) is 42.5 Å². The van der Waals surface area contributed by atoms with E-state index in [-0.39, 0.29) is 24.8 Å². The van der Waals surface area contributed by atoms with Gasteiger partial charge in [-0.25, -0.2) is 0 Å². The van der Waals surface area contributed by atoms with Crippen molar-refractivity contribution in [3.63, 3.8) is 0 Å². The second-order valence-electron chi connectivity index (χ2n) is 7.36. The largest absolute Gasteiger partial charge is 0.354 e. The van der Waals surface area contributed by atoms with Gasteiger partial charge in [0.05, 0.1) is 6.42 Å². The summed E-state index contributed by atoms with van der Waals surface area (Å²) in [6.45, 7) is 8.46. The molecule has 0 fully saturated rings. The molecule has 4 nitrogen and oxygen atoms in total. The Labute approximate surface area is 183 Å². The highest BCUT2D eigenvalue weighted by Crippen LogP contribution is 2.27. The van der Waals surface area contributed by atoms with Gasteiger partial charge in [-0.05, 0) is 44.9 Å². The molecule has 0 aliphatic carbocycles. The maximum absolute atomic E-state index is 13.2. The summed E-state index contributed by atoms with van der Waals surface area (Å²) in [6.07, 6.45) is 1.03. The first kappa shape index (κ1) is 23.2. The Morgan fingerprint density at radius 1 is 1.07 bits per heavy atom. The van der Waals surface area contributed by atoms with Gasteiger partial charge in [0.25, 0.3) is 0 Å². The monoisotopic (exact) mass is 434 g/mol. The quantitative estimate of drug-likeness (QED) is 0.628. The minimum absolute atomic E-state index is 0.148. The smallest absolute Gasteiger partial charge is 0.242 e. The van der Waals surface area contributed by atoms with Gasteiger partial charge in [0.15, 0.2) is 0 Å².